The van der Waals surface area contributed by atoms with Crippen molar-refractivity contribution < 1.29 is 15.0 Å². The molecule has 1 fully saturated rings. The number of aryl methyl sites for hydroxylation is 1. The van der Waals surface area contributed by atoms with Crippen LogP contribution >= 0.6 is 0 Å². The van der Waals surface area contributed by atoms with E-state index in [-0.39, 0.29) is 6.42 Å². The minimum Gasteiger partial charge on any atom is -0.507 e. The van der Waals surface area contributed by atoms with Crippen LogP contribution in [0.3, 0.4) is 0 Å². The van der Waals surface area contributed by atoms with E-state index >= 15 is 0 Å². The Morgan fingerprint density at radius 1 is 1.36 bits per heavy atom. The number of aromatic hydroxyl groups is 1. The monoisotopic (exact) mass is 340 g/mol. The molecule has 3 heteroatoms. The summed E-state index contributed by atoms with van der Waals surface area (Å²) < 4.78 is 0. The van der Waals surface area contributed by atoms with Crippen LogP contribution < -0.4 is 0 Å². The summed E-state index contributed by atoms with van der Waals surface area (Å²) in [6, 6.07) is 5.76. The summed E-state index contributed by atoms with van der Waals surface area (Å²) in [5.41, 5.74) is 1.72. The Kier molecular flexibility index (Phi) is 7.60. The van der Waals surface area contributed by atoms with Crippen LogP contribution in [0.1, 0.15) is 68.9 Å². The molecule has 1 aromatic rings. The van der Waals surface area contributed by atoms with Crippen molar-refractivity contribution in [3.05, 3.63) is 41.5 Å². The van der Waals surface area contributed by atoms with Gasteiger partial charge in [-0.3, -0.25) is 4.79 Å². The van der Waals surface area contributed by atoms with Gasteiger partial charge in [-0.1, -0.05) is 36.8 Å². The van der Waals surface area contributed by atoms with E-state index in [2.05, 4.69) is 24.0 Å². The third kappa shape index (κ3) is 5.67. The van der Waals surface area contributed by atoms with E-state index in [0.29, 0.717) is 24.0 Å². The van der Waals surface area contributed by atoms with Crippen molar-refractivity contribution in [1.82, 2.24) is 0 Å². The Morgan fingerprint density at radius 2 is 2.20 bits per heavy atom. The van der Waals surface area contributed by atoms with Gasteiger partial charge < -0.3 is 10.2 Å². The first kappa shape index (κ1) is 19.1. The fourth-order valence-electron chi connectivity index (χ4n) is 3.66. The molecule has 0 amide bonds. The second-order valence-corrected chi connectivity index (χ2v) is 6.70. The third-order valence-electron chi connectivity index (χ3n) is 4.96. The molecule has 2 atom stereocenters. The molecule has 1 aliphatic carbocycles. The van der Waals surface area contributed by atoms with Crippen molar-refractivity contribution >= 4 is 5.97 Å². The molecule has 0 saturated heterocycles. The zero-order valence-corrected chi connectivity index (χ0v) is 15.0. The van der Waals surface area contributed by atoms with E-state index in [1.165, 1.54) is 6.42 Å². The highest BCUT2D eigenvalue weighted by atomic mass is 16.4. The molecule has 1 saturated carbocycles. The Bertz CT molecular complexity index is 664. The van der Waals surface area contributed by atoms with E-state index in [1.54, 1.807) is 0 Å². The zero-order valence-electron chi connectivity index (χ0n) is 15.0. The number of carboxylic acids is 1. The summed E-state index contributed by atoms with van der Waals surface area (Å²) in [6.45, 7) is 1.87. The smallest absolute Gasteiger partial charge is 0.303 e. The highest BCUT2D eigenvalue weighted by Crippen LogP contribution is 2.44. The van der Waals surface area contributed by atoms with E-state index in [1.807, 2.05) is 25.1 Å². The number of carboxylic acid groups (broad SMARTS) is 1. The quantitative estimate of drug-likeness (QED) is 0.396. The van der Waals surface area contributed by atoms with Gasteiger partial charge in [0, 0.05) is 12.8 Å². The van der Waals surface area contributed by atoms with Crippen LogP contribution in [0.5, 0.6) is 5.75 Å². The highest BCUT2D eigenvalue weighted by molar-refractivity contribution is 5.67. The number of carbonyl (C=O) groups is 1. The Hall–Kier alpha value is -2.21. The van der Waals surface area contributed by atoms with Crippen LogP contribution in [0.4, 0.5) is 0 Å². The molecule has 2 rings (SSSR count). The van der Waals surface area contributed by atoms with Gasteiger partial charge in [-0.15, -0.1) is 11.8 Å². The van der Waals surface area contributed by atoms with Crippen LogP contribution in [0.25, 0.3) is 0 Å². The van der Waals surface area contributed by atoms with Crippen molar-refractivity contribution in [2.45, 2.75) is 64.2 Å². The number of para-hydroxylation sites is 1. The summed E-state index contributed by atoms with van der Waals surface area (Å²) in [7, 11) is 0. The number of hydrogen-bond donors (Lipinski definition) is 2. The molecule has 25 heavy (non-hydrogen) atoms. The van der Waals surface area contributed by atoms with Crippen molar-refractivity contribution in [2.75, 3.05) is 0 Å². The van der Waals surface area contributed by atoms with Gasteiger partial charge in [0.05, 0.1) is 0 Å². The van der Waals surface area contributed by atoms with Gasteiger partial charge in [-0.2, -0.15) is 0 Å². The van der Waals surface area contributed by atoms with E-state index in [9.17, 15) is 9.90 Å². The summed E-state index contributed by atoms with van der Waals surface area (Å²) in [5, 5.41) is 19.5. The van der Waals surface area contributed by atoms with Crippen LogP contribution in [0.2, 0.25) is 0 Å². The first-order valence-corrected chi connectivity index (χ1v) is 9.22. The predicted molar refractivity (Wildman–Crippen MR) is 101 cm³/mol. The summed E-state index contributed by atoms with van der Waals surface area (Å²) in [5.74, 6) is 6.26. The molecule has 3 nitrogen and oxygen atoms in total. The van der Waals surface area contributed by atoms with Crippen LogP contribution in [0, 0.1) is 17.8 Å². The molecule has 0 radical (unpaired) electrons. The number of phenolic OH excluding ortho intramolecular Hbond substituents is 1. The lowest BCUT2D eigenvalue weighted by atomic mass is 9.86. The number of rotatable bonds is 8. The molecular formula is C22H28O3. The van der Waals surface area contributed by atoms with Gasteiger partial charge in [0.2, 0.25) is 0 Å². The maximum Gasteiger partial charge on any atom is 0.303 e. The summed E-state index contributed by atoms with van der Waals surface area (Å²) >= 11 is 0. The lowest BCUT2D eigenvalue weighted by molar-refractivity contribution is -0.136. The molecule has 0 heterocycles. The number of unbranched alkanes of at least 4 members (excludes halogenated alkanes) is 2. The van der Waals surface area contributed by atoms with Crippen LogP contribution in [-0.4, -0.2) is 16.2 Å². The van der Waals surface area contributed by atoms with E-state index in [0.717, 1.165) is 43.2 Å². The average molecular weight is 340 g/mol. The van der Waals surface area contributed by atoms with E-state index in [4.69, 9.17) is 5.11 Å². The number of hydrogen-bond acceptors (Lipinski definition) is 2. The molecule has 0 unspecified atom stereocenters. The predicted octanol–water partition coefficient (Wildman–Crippen LogP) is 5.04. The standard InChI is InChI=1S/C22H28O3/c1-2-3-4-5-6-7-10-17-11-8-13-19(17)20-14-9-12-18(22(20)25)15-16-21(23)24/h7,9-10,12,14,17,19,25H,4-6,8,11,13,15-16H2,1H3,(H,23,24)/b10-7+/t17-,19-/m0/s1. The molecular weight excluding hydrogens is 312 g/mol. The molecule has 1 aliphatic rings. The largest absolute Gasteiger partial charge is 0.507 e. The lowest BCUT2D eigenvalue weighted by Crippen LogP contribution is -2.05. The first-order chi connectivity index (χ1) is 12.1. The Balaban J connectivity index is 2.03. The fraction of sp³-hybridized carbons (Fsp3) is 0.500. The van der Waals surface area contributed by atoms with Gasteiger partial charge in [0.15, 0.2) is 0 Å². The topological polar surface area (TPSA) is 57.5 Å². The van der Waals surface area contributed by atoms with Gasteiger partial charge in [-0.25, -0.2) is 0 Å². The minimum absolute atomic E-state index is 0.0473. The molecule has 1 aromatic carbocycles. The maximum atomic E-state index is 10.8. The van der Waals surface area contributed by atoms with Crippen LogP contribution in [-0.2, 0) is 11.2 Å². The second-order valence-electron chi connectivity index (χ2n) is 6.70. The van der Waals surface area contributed by atoms with Crippen LogP contribution in [0.15, 0.2) is 30.4 Å². The molecule has 0 aromatic heterocycles. The van der Waals surface area contributed by atoms with Gasteiger partial charge in [-0.05, 0) is 62.0 Å². The molecule has 0 spiro atoms. The molecule has 0 bridgehead atoms. The van der Waals surface area contributed by atoms with Gasteiger partial charge in [0.25, 0.3) is 0 Å². The van der Waals surface area contributed by atoms with Gasteiger partial charge in [0.1, 0.15) is 5.75 Å². The molecule has 134 valence electrons. The second kappa shape index (κ2) is 9.93. The molecule has 2 N–H and O–H groups in total. The lowest BCUT2D eigenvalue weighted by Gasteiger charge is -2.19. The summed E-state index contributed by atoms with van der Waals surface area (Å²) in [4.78, 5) is 10.8. The average Bonchev–Trinajstić information content (AvgIpc) is 3.05. The van der Waals surface area contributed by atoms with Crippen molar-refractivity contribution in [3.8, 4) is 17.6 Å². The fourth-order valence-corrected chi connectivity index (χ4v) is 3.66. The Labute approximate surface area is 150 Å². The number of benzene rings is 1. The van der Waals surface area contributed by atoms with Gasteiger partial charge >= 0.3 is 5.97 Å². The normalized spacial score (nSPS) is 19.7. The number of aliphatic carboxylic acids is 1. The van der Waals surface area contributed by atoms with Crippen molar-refractivity contribution in [1.29, 1.82) is 0 Å². The highest BCUT2D eigenvalue weighted by Gasteiger charge is 2.29. The first-order valence-electron chi connectivity index (χ1n) is 9.22. The Morgan fingerprint density at radius 3 is 2.96 bits per heavy atom. The van der Waals surface area contributed by atoms with E-state index < -0.39 is 5.97 Å². The molecule has 0 aliphatic heterocycles. The number of phenols is 1. The SMILES string of the molecule is CC#CCCC/C=C/[C@H]1CCC[C@@H]1c1cccc(CCC(=O)O)c1O. The third-order valence-corrected chi connectivity index (χ3v) is 4.96. The van der Waals surface area contributed by atoms with Crippen molar-refractivity contribution in [3.63, 3.8) is 0 Å². The minimum atomic E-state index is -0.834. The zero-order chi connectivity index (χ0) is 18.1. The summed E-state index contributed by atoms with van der Waals surface area (Å²) in [6.07, 6.45) is 11.5. The van der Waals surface area contributed by atoms with Crippen molar-refractivity contribution in [2.24, 2.45) is 5.92 Å². The maximum absolute atomic E-state index is 10.8. The number of allylic oxidation sites excluding steroid dienone is 2.